The summed E-state index contributed by atoms with van der Waals surface area (Å²) in [6.45, 7) is 2.39. The molecule has 2 saturated carbocycles. The van der Waals surface area contributed by atoms with Crippen molar-refractivity contribution in [2.45, 2.75) is 51.4 Å². The van der Waals surface area contributed by atoms with Crippen LogP contribution in [-0.4, -0.2) is 17.0 Å². The Morgan fingerprint density at radius 1 is 1.07 bits per heavy atom. The topological polar surface area (TPSA) is 45.0 Å². The van der Waals surface area contributed by atoms with E-state index in [-0.39, 0.29) is 11.2 Å². The Morgan fingerprint density at radius 3 is 2.72 bits per heavy atom. The summed E-state index contributed by atoms with van der Waals surface area (Å²) in [5.41, 5.74) is 5.03. The maximum atomic E-state index is 13.1. The number of phenolic OH excluding ortho intramolecular Hbond substituents is 1. The van der Waals surface area contributed by atoms with Gasteiger partial charge in [-0.2, -0.15) is 10.2 Å². The second-order valence-electron chi connectivity index (χ2n) is 9.14. The zero-order chi connectivity index (χ0) is 20.0. The molecule has 2 aromatic rings. The maximum Gasteiger partial charge on any atom is 0.123 e. The average Bonchev–Trinajstić information content (AvgIpc) is 3.05. The lowest BCUT2D eigenvalue weighted by Crippen LogP contribution is -2.42. The predicted octanol–water partition coefficient (Wildman–Crippen LogP) is 5.86. The first kappa shape index (κ1) is 18.5. The molecule has 0 bridgehead atoms. The summed E-state index contributed by atoms with van der Waals surface area (Å²) in [7, 11) is 0. The Bertz CT molecular complexity index is 981. The second kappa shape index (κ2) is 7.08. The SMILES string of the molecule is C[C@]12CC[C@@H]3c4ccc(O)cc4CC[C@@H]3[C@@H]1CC/C2=N/N=C\c1ccc(F)cc1. The fourth-order valence-electron chi connectivity index (χ4n) is 6.24. The normalized spacial score (nSPS) is 32.2. The Balaban J connectivity index is 1.37. The number of aromatic hydroxyl groups is 1. The summed E-state index contributed by atoms with van der Waals surface area (Å²) >= 11 is 0. The van der Waals surface area contributed by atoms with Crippen molar-refractivity contribution in [2.24, 2.45) is 27.5 Å². The molecule has 0 amide bonds. The quantitative estimate of drug-likeness (QED) is 0.506. The number of aryl methyl sites for hydroxylation is 1. The highest BCUT2D eigenvalue weighted by molar-refractivity contribution is 5.93. The lowest BCUT2D eigenvalue weighted by molar-refractivity contribution is 0.0955. The van der Waals surface area contributed by atoms with Gasteiger partial charge in [-0.25, -0.2) is 4.39 Å². The summed E-state index contributed by atoms with van der Waals surface area (Å²) < 4.78 is 13.1. The number of benzene rings is 2. The van der Waals surface area contributed by atoms with Gasteiger partial charge >= 0.3 is 0 Å². The predicted molar refractivity (Wildman–Crippen MR) is 114 cm³/mol. The first-order valence-corrected chi connectivity index (χ1v) is 10.7. The van der Waals surface area contributed by atoms with Crippen LogP contribution in [0.2, 0.25) is 0 Å². The minimum atomic E-state index is -0.236. The van der Waals surface area contributed by atoms with E-state index in [4.69, 9.17) is 0 Å². The van der Waals surface area contributed by atoms with Crippen LogP contribution in [0.4, 0.5) is 4.39 Å². The van der Waals surface area contributed by atoms with Crippen molar-refractivity contribution < 1.29 is 9.50 Å². The molecule has 0 heterocycles. The zero-order valence-electron chi connectivity index (χ0n) is 16.8. The number of hydrogen-bond donors (Lipinski definition) is 1. The van der Waals surface area contributed by atoms with Gasteiger partial charge < -0.3 is 5.11 Å². The number of halogens is 1. The zero-order valence-corrected chi connectivity index (χ0v) is 16.8. The molecule has 0 spiro atoms. The highest BCUT2D eigenvalue weighted by Gasteiger charge is 2.53. The molecule has 2 aromatic carbocycles. The van der Waals surface area contributed by atoms with Gasteiger partial charge in [-0.3, -0.25) is 0 Å². The smallest absolute Gasteiger partial charge is 0.123 e. The van der Waals surface area contributed by atoms with Gasteiger partial charge in [0.1, 0.15) is 11.6 Å². The largest absolute Gasteiger partial charge is 0.508 e. The van der Waals surface area contributed by atoms with E-state index < -0.39 is 0 Å². The van der Waals surface area contributed by atoms with E-state index in [0.29, 0.717) is 23.5 Å². The van der Waals surface area contributed by atoms with Crippen LogP contribution in [0, 0.1) is 23.1 Å². The molecule has 29 heavy (non-hydrogen) atoms. The number of rotatable bonds is 2. The Hall–Kier alpha value is -2.49. The van der Waals surface area contributed by atoms with Gasteiger partial charge in [-0.05, 0) is 97.2 Å². The van der Waals surface area contributed by atoms with Gasteiger partial charge in [0.2, 0.25) is 0 Å². The van der Waals surface area contributed by atoms with Gasteiger partial charge in [0.25, 0.3) is 0 Å². The Labute approximate surface area is 171 Å². The Kier molecular flexibility index (Phi) is 4.53. The van der Waals surface area contributed by atoms with Gasteiger partial charge in [0.15, 0.2) is 0 Å². The van der Waals surface area contributed by atoms with E-state index in [1.807, 2.05) is 12.1 Å². The minimum absolute atomic E-state index is 0.135. The van der Waals surface area contributed by atoms with E-state index in [1.54, 1.807) is 18.3 Å². The van der Waals surface area contributed by atoms with Gasteiger partial charge in [0.05, 0.1) is 6.21 Å². The van der Waals surface area contributed by atoms with Crippen LogP contribution < -0.4 is 0 Å². The summed E-state index contributed by atoms with van der Waals surface area (Å²) in [4.78, 5) is 0. The summed E-state index contributed by atoms with van der Waals surface area (Å²) in [5, 5.41) is 18.8. The van der Waals surface area contributed by atoms with Crippen LogP contribution in [0.25, 0.3) is 0 Å². The van der Waals surface area contributed by atoms with Crippen molar-refractivity contribution in [1.82, 2.24) is 0 Å². The molecule has 3 nitrogen and oxygen atoms in total. The van der Waals surface area contributed by atoms with Crippen molar-refractivity contribution in [3.63, 3.8) is 0 Å². The highest BCUT2D eigenvalue weighted by atomic mass is 19.1. The molecule has 0 saturated heterocycles. The summed E-state index contributed by atoms with van der Waals surface area (Å²) in [6.07, 6.45) is 8.52. The maximum absolute atomic E-state index is 13.1. The van der Waals surface area contributed by atoms with Crippen LogP contribution in [0.5, 0.6) is 5.75 Å². The van der Waals surface area contributed by atoms with Crippen LogP contribution in [0.3, 0.4) is 0 Å². The minimum Gasteiger partial charge on any atom is -0.508 e. The number of phenols is 1. The Morgan fingerprint density at radius 2 is 1.90 bits per heavy atom. The molecular formula is C25H27FN2O. The molecule has 150 valence electrons. The van der Waals surface area contributed by atoms with Crippen molar-refractivity contribution in [3.8, 4) is 5.75 Å². The number of nitrogens with zero attached hydrogens (tertiary/aromatic N) is 2. The van der Waals surface area contributed by atoms with Gasteiger partial charge in [0, 0.05) is 11.1 Å². The fraction of sp³-hybridized carbons (Fsp3) is 0.440. The van der Waals surface area contributed by atoms with Crippen molar-refractivity contribution in [1.29, 1.82) is 0 Å². The number of fused-ring (bicyclic) bond motifs is 5. The molecule has 4 atom stereocenters. The fourth-order valence-corrected chi connectivity index (χ4v) is 6.24. The van der Waals surface area contributed by atoms with Crippen LogP contribution in [0.1, 0.15) is 61.6 Å². The monoisotopic (exact) mass is 390 g/mol. The molecule has 3 aliphatic carbocycles. The second-order valence-corrected chi connectivity index (χ2v) is 9.14. The molecule has 3 aliphatic rings. The van der Waals surface area contributed by atoms with Crippen LogP contribution in [0.15, 0.2) is 52.7 Å². The molecule has 1 N–H and O–H groups in total. The first-order chi connectivity index (χ1) is 14.0. The van der Waals surface area contributed by atoms with E-state index in [2.05, 4.69) is 23.2 Å². The standard InChI is InChI=1S/C25H27FN2O/c1-25-13-12-21-20-9-7-19(29)14-17(20)4-8-22(21)23(25)10-11-24(25)28-27-15-16-2-5-18(26)6-3-16/h2-3,5-7,9,14-15,21-23,29H,4,8,10-13H2,1H3/b27-15-,28-24-/t21-,22+,23+,25+/m1/s1. The molecule has 4 heteroatoms. The third-order valence-electron chi connectivity index (χ3n) is 7.71. The van der Waals surface area contributed by atoms with Crippen molar-refractivity contribution in [2.75, 3.05) is 0 Å². The molecule has 0 radical (unpaired) electrons. The van der Waals surface area contributed by atoms with E-state index in [1.165, 1.54) is 48.2 Å². The summed E-state index contributed by atoms with van der Waals surface area (Å²) in [6, 6.07) is 12.3. The third kappa shape index (κ3) is 3.19. The van der Waals surface area contributed by atoms with Crippen molar-refractivity contribution in [3.05, 3.63) is 65.0 Å². The summed E-state index contributed by atoms with van der Waals surface area (Å²) in [5.74, 6) is 2.11. The molecule has 0 aromatic heterocycles. The van der Waals surface area contributed by atoms with E-state index >= 15 is 0 Å². The molecule has 5 rings (SSSR count). The van der Waals surface area contributed by atoms with Crippen molar-refractivity contribution >= 4 is 11.9 Å². The third-order valence-corrected chi connectivity index (χ3v) is 7.71. The molecule has 0 aliphatic heterocycles. The lowest BCUT2D eigenvalue weighted by Gasteiger charge is -2.49. The average molecular weight is 391 g/mol. The molecule has 2 fully saturated rings. The van der Waals surface area contributed by atoms with Gasteiger partial charge in [-0.15, -0.1) is 0 Å². The van der Waals surface area contributed by atoms with E-state index in [9.17, 15) is 9.50 Å². The van der Waals surface area contributed by atoms with Crippen LogP contribution >= 0.6 is 0 Å². The number of hydrogen-bond acceptors (Lipinski definition) is 3. The van der Waals surface area contributed by atoms with Gasteiger partial charge in [-0.1, -0.05) is 25.1 Å². The molecule has 0 unspecified atom stereocenters. The van der Waals surface area contributed by atoms with E-state index in [0.717, 1.165) is 24.8 Å². The highest BCUT2D eigenvalue weighted by Crippen LogP contribution is 2.60. The first-order valence-electron chi connectivity index (χ1n) is 10.7. The van der Waals surface area contributed by atoms with Crippen LogP contribution in [-0.2, 0) is 6.42 Å². The molecular weight excluding hydrogens is 363 g/mol. The lowest BCUT2D eigenvalue weighted by atomic mass is 9.55.